The molecule has 0 spiro atoms. The zero-order valence-corrected chi connectivity index (χ0v) is 20.7. The highest BCUT2D eigenvalue weighted by molar-refractivity contribution is 5.89. The summed E-state index contributed by atoms with van der Waals surface area (Å²) < 4.78 is 23.8. The van der Waals surface area contributed by atoms with Gasteiger partial charge in [0.05, 0.1) is 32.6 Å². The minimum absolute atomic E-state index is 0.156. The molecule has 0 saturated heterocycles. The van der Waals surface area contributed by atoms with E-state index in [0.717, 1.165) is 22.4 Å². The molecule has 8 nitrogen and oxygen atoms in total. The van der Waals surface area contributed by atoms with Crippen molar-refractivity contribution in [1.29, 1.82) is 5.26 Å². The number of benzene rings is 2. The molecule has 4 rings (SSSR count). The van der Waals surface area contributed by atoms with E-state index in [2.05, 4.69) is 6.07 Å². The molecule has 3 aromatic rings. The van der Waals surface area contributed by atoms with Crippen LogP contribution < -0.4 is 14.2 Å². The average Bonchev–Trinajstić information content (AvgIpc) is 3.12. The molecule has 2 heterocycles. The molecule has 0 aliphatic carbocycles. The molecule has 1 aliphatic rings. The van der Waals surface area contributed by atoms with Crippen LogP contribution in [0.2, 0.25) is 0 Å². The summed E-state index contributed by atoms with van der Waals surface area (Å²) in [6.07, 6.45) is -0.392. The van der Waals surface area contributed by atoms with Crippen molar-refractivity contribution in [2.24, 2.45) is 0 Å². The number of phenolic OH excluding ortho intramolecular Hbond substituents is 1. The molecule has 0 radical (unpaired) electrons. The van der Waals surface area contributed by atoms with E-state index < -0.39 is 12.2 Å². The molecule has 0 amide bonds. The highest BCUT2D eigenvalue weighted by Gasteiger charge is 2.35. The maximum atomic E-state index is 12.6. The Labute approximate surface area is 204 Å². The SMILES string of the molecule is CCOC(=O)Oc1c(-c2cc(C)c(O)c(C)c2)c(C)n2c1-c1cc(OC)c(OC)cc1CC2C#N. The third kappa shape index (κ3) is 3.93. The molecular formula is C27H28N2O6. The van der Waals surface area contributed by atoms with Gasteiger partial charge in [-0.2, -0.15) is 5.26 Å². The predicted molar refractivity (Wildman–Crippen MR) is 130 cm³/mol. The van der Waals surface area contributed by atoms with E-state index in [9.17, 15) is 15.2 Å². The van der Waals surface area contributed by atoms with Gasteiger partial charge in [-0.25, -0.2) is 4.79 Å². The minimum atomic E-state index is -0.838. The normalized spacial score (nSPS) is 13.9. The van der Waals surface area contributed by atoms with Gasteiger partial charge in [0.2, 0.25) is 0 Å². The van der Waals surface area contributed by atoms with Gasteiger partial charge < -0.3 is 28.6 Å². The van der Waals surface area contributed by atoms with Crippen LogP contribution in [0, 0.1) is 32.1 Å². The summed E-state index contributed by atoms with van der Waals surface area (Å²) in [4.78, 5) is 12.6. The number of nitriles is 1. The number of fused-ring (bicyclic) bond motifs is 3. The lowest BCUT2D eigenvalue weighted by atomic mass is 9.93. The molecule has 1 unspecified atom stereocenters. The molecule has 2 aromatic carbocycles. The molecule has 1 atom stereocenters. The molecule has 1 aliphatic heterocycles. The number of rotatable bonds is 5. The standard InChI is InChI=1S/C27H28N2O6/c1-7-34-27(31)35-26-23(18-8-14(2)25(30)15(3)9-18)16(4)29-19(13-28)10-17-11-21(32-5)22(33-6)12-20(17)24(26)29/h8-9,11-12,19,30H,7,10H2,1-6H3. The molecule has 0 saturated carbocycles. The van der Waals surface area contributed by atoms with Crippen LogP contribution in [0.4, 0.5) is 4.79 Å². The van der Waals surface area contributed by atoms with Crippen molar-refractivity contribution < 1.29 is 28.8 Å². The summed E-state index contributed by atoms with van der Waals surface area (Å²) in [6, 6.07) is 9.22. The Balaban J connectivity index is 2.09. The first-order chi connectivity index (χ1) is 16.7. The summed E-state index contributed by atoms with van der Waals surface area (Å²) >= 11 is 0. The zero-order chi connectivity index (χ0) is 25.4. The van der Waals surface area contributed by atoms with E-state index in [-0.39, 0.29) is 12.4 Å². The molecule has 1 N–H and O–H groups in total. The quantitative estimate of drug-likeness (QED) is 0.476. The topological polar surface area (TPSA) is 103 Å². The van der Waals surface area contributed by atoms with Crippen molar-refractivity contribution in [1.82, 2.24) is 4.57 Å². The number of carbonyl (C=O) groups is 1. The molecule has 1 aromatic heterocycles. The van der Waals surface area contributed by atoms with Gasteiger partial charge in [-0.3, -0.25) is 0 Å². The van der Waals surface area contributed by atoms with Gasteiger partial charge in [0.1, 0.15) is 11.8 Å². The highest BCUT2D eigenvalue weighted by atomic mass is 16.7. The number of methoxy groups -OCH3 is 2. The molecule has 35 heavy (non-hydrogen) atoms. The van der Waals surface area contributed by atoms with Crippen molar-refractivity contribution in [3.05, 3.63) is 46.6 Å². The van der Waals surface area contributed by atoms with E-state index in [1.165, 1.54) is 0 Å². The molecular weight excluding hydrogens is 448 g/mol. The Kier molecular flexibility index (Phi) is 6.35. The molecule has 182 valence electrons. The summed E-state index contributed by atoms with van der Waals surface area (Å²) in [7, 11) is 3.11. The van der Waals surface area contributed by atoms with Gasteiger partial charge in [0.15, 0.2) is 17.2 Å². The smallest absolute Gasteiger partial charge is 0.507 e. The van der Waals surface area contributed by atoms with Crippen LogP contribution in [0.15, 0.2) is 24.3 Å². The van der Waals surface area contributed by atoms with Gasteiger partial charge in [0, 0.05) is 23.2 Å². The van der Waals surface area contributed by atoms with Crippen LogP contribution in [-0.2, 0) is 11.2 Å². The van der Waals surface area contributed by atoms with E-state index in [4.69, 9.17) is 18.9 Å². The lowest BCUT2D eigenvalue weighted by Gasteiger charge is -2.26. The van der Waals surface area contributed by atoms with Crippen LogP contribution in [0.5, 0.6) is 23.0 Å². The van der Waals surface area contributed by atoms with Gasteiger partial charge in [-0.05, 0) is 74.2 Å². The second-order valence-electron chi connectivity index (χ2n) is 8.47. The third-order valence-corrected chi connectivity index (χ3v) is 6.37. The van der Waals surface area contributed by atoms with Crippen molar-refractivity contribution >= 4 is 6.16 Å². The summed E-state index contributed by atoms with van der Waals surface area (Å²) in [5, 5.41) is 20.4. The van der Waals surface area contributed by atoms with Gasteiger partial charge >= 0.3 is 6.16 Å². The largest absolute Gasteiger partial charge is 0.513 e. The number of hydrogen-bond donors (Lipinski definition) is 1. The summed E-state index contributed by atoms with van der Waals surface area (Å²) in [6.45, 7) is 7.38. The number of aromatic hydroxyl groups is 1. The van der Waals surface area contributed by atoms with Crippen LogP contribution in [-0.4, -0.2) is 36.7 Å². The van der Waals surface area contributed by atoms with Crippen molar-refractivity contribution in [3.8, 4) is 51.5 Å². The van der Waals surface area contributed by atoms with Crippen molar-refractivity contribution in [3.63, 3.8) is 0 Å². The Hall–Kier alpha value is -4.12. The lowest BCUT2D eigenvalue weighted by molar-refractivity contribution is 0.104. The van der Waals surface area contributed by atoms with Crippen LogP contribution in [0.1, 0.15) is 35.3 Å². The predicted octanol–water partition coefficient (Wildman–Crippen LogP) is 5.63. The fourth-order valence-electron chi connectivity index (χ4n) is 4.81. The number of aryl methyl sites for hydroxylation is 2. The first kappa shape index (κ1) is 24.0. The molecule has 8 heteroatoms. The number of carbonyl (C=O) groups excluding carboxylic acids is 1. The van der Waals surface area contributed by atoms with Gasteiger partial charge in [0.25, 0.3) is 0 Å². The van der Waals surface area contributed by atoms with Crippen molar-refractivity contribution in [2.45, 2.75) is 40.2 Å². The molecule has 0 fully saturated rings. The van der Waals surface area contributed by atoms with Crippen LogP contribution >= 0.6 is 0 Å². The Morgan fingerprint density at radius 1 is 1.11 bits per heavy atom. The number of hydrogen-bond acceptors (Lipinski definition) is 7. The minimum Gasteiger partial charge on any atom is -0.507 e. The number of aromatic nitrogens is 1. The van der Waals surface area contributed by atoms with Crippen molar-refractivity contribution in [2.75, 3.05) is 20.8 Å². The monoisotopic (exact) mass is 476 g/mol. The Morgan fingerprint density at radius 2 is 1.74 bits per heavy atom. The zero-order valence-electron chi connectivity index (χ0n) is 20.7. The Morgan fingerprint density at radius 3 is 2.31 bits per heavy atom. The van der Waals surface area contributed by atoms with E-state index in [1.807, 2.05) is 49.6 Å². The van der Waals surface area contributed by atoms with Crippen LogP contribution in [0.3, 0.4) is 0 Å². The summed E-state index contributed by atoms with van der Waals surface area (Å²) in [5.74, 6) is 1.57. The maximum Gasteiger partial charge on any atom is 0.513 e. The molecule has 0 bridgehead atoms. The first-order valence-corrected chi connectivity index (χ1v) is 11.3. The van der Waals surface area contributed by atoms with Gasteiger partial charge in [-0.1, -0.05) is 0 Å². The Bertz CT molecular complexity index is 1340. The number of ether oxygens (including phenoxy) is 4. The first-order valence-electron chi connectivity index (χ1n) is 11.3. The summed E-state index contributed by atoms with van der Waals surface area (Å²) in [5.41, 5.74) is 5.78. The van der Waals surface area contributed by atoms with Crippen LogP contribution in [0.25, 0.3) is 22.4 Å². The fourth-order valence-corrected chi connectivity index (χ4v) is 4.81. The third-order valence-electron chi connectivity index (χ3n) is 6.37. The van der Waals surface area contributed by atoms with E-state index in [1.54, 1.807) is 21.1 Å². The highest BCUT2D eigenvalue weighted by Crippen LogP contribution is 2.52. The number of nitrogens with zero attached hydrogens (tertiary/aromatic N) is 2. The van der Waals surface area contributed by atoms with E-state index in [0.29, 0.717) is 46.1 Å². The fraction of sp³-hybridized carbons (Fsp3) is 0.333. The van der Waals surface area contributed by atoms with E-state index >= 15 is 0 Å². The lowest BCUT2D eigenvalue weighted by Crippen LogP contribution is -2.19. The second-order valence-corrected chi connectivity index (χ2v) is 8.47. The maximum absolute atomic E-state index is 12.6. The van der Waals surface area contributed by atoms with Gasteiger partial charge in [-0.15, -0.1) is 0 Å². The second kappa shape index (κ2) is 9.26. The number of phenols is 1. The average molecular weight is 477 g/mol.